The summed E-state index contributed by atoms with van der Waals surface area (Å²) in [6, 6.07) is 14.0. The number of carbonyl (C=O) groups is 1. The lowest BCUT2D eigenvalue weighted by atomic mass is 10.3. The summed E-state index contributed by atoms with van der Waals surface area (Å²) in [5, 5.41) is 5.57. The summed E-state index contributed by atoms with van der Waals surface area (Å²) < 4.78 is 16.0. The van der Waals surface area contributed by atoms with Gasteiger partial charge in [-0.15, -0.1) is 0 Å². The molecule has 6 nitrogen and oxygen atoms in total. The molecule has 2 N–H and O–H groups in total. The fourth-order valence-electron chi connectivity index (χ4n) is 2.09. The van der Waals surface area contributed by atoms with Crippen molar-refractivity contribution in [3.8, 4) is 17.2 Å². The largest absolute Gasteiger partial charge is 0.497 e. The second-order valence-corrected chi connectivity index (χ2v) is 5.19. The maximum Gasteiger partial charge on any atom is 0.319 e. The standard InChI is InChI=1S/C18H22N2O4/c1-13(12-24-17-10-5-4-9-16(17)23-3)19-18(21)20-14-7-6-8-15(11-14)22-2/h4-11,13H,12H2,1-3H3,(H2,19,20,21). The zero-order valence-corrected chi connectivity index (χ0v) is 14.0. The maximum atomic E-state index is 12.0. The molecule has 2 aromatic rings. The summed E-state index contributed by atoms with van der Waals surface area (Å²) in [5.74, 6) is 1.98. The predicted octanol–water partition coefficient (Wildman–Crippen LogP) is 3.29. The van der Waals surface area contributed by atoms with Crippen molar-refractivity contribution in [2.24, 2.45) is 0 Å². The van der Waals surface area contributed by atoms with Crippen LogP contribution in [0.4, 0.5) is 10.5 Å². The summed E-state index contributed by atoms with van der Waals surface area (Å²) in [4.78, 5) is 12.0. The van der Waals surface area contributed by atoms with E-state index in [0.717, 1.165) is 0 Å². The molecule has 0 aromatic heterocycles. The molecule has 2 amide bonds. The second-order valence-electron chi connectivity index (χ2n) is 5.19. The molecule has 0 fully saturated rings. The highest BCUT2D eigenvalue weighted by Gasteiger charge is 2.10. The van der Waals surface area contributed by atoms with Gasteiger partial charge in [0.1, 0.15) is 12.4 Å². The Labute approximate surface area is 141 Å². The molecule has 2 aromatic carbocycles. The number of benzene rings is 2. The zero-order chi connectivity index (χ0) is 17.4. The number of hydrogen-bond acceptors (Lipinski definition) is 4. The first-order valence-corrected chi connectivity index (χ1v) is 7.59. The minimum atomic E-state index is -0.306. The van der Waals surface area contributed by atoms with Crippen LogP contribution in [0.15, 0.2) is 48.5 Å². The number of amides is 2. The van der Waals surface area contributed by atoms with Crippen LogP contribution in [0.1, 0.15) is 6.92 Å². The predicted molar refractivity (Wildman–Crippen MR) is 93.1 cm³/mol. The van der Waals surface area contributed by atoms with Gasteiger partial charge in [0.05, 0.1) is 20.3 Å². The molecule has 0 saturated carbocycles. The van der Waals surface area contributed by atoms with Gasteiger partial charge in [0.2, 0.25) is 0 Å². The van der Waals surface area contributed by atoms with E-state index in [1.165, 1.54) is 0 Å². The van der Waals surface area contributed by atoms with Crippen LogP contribution < -0.4 is 24.8 Å². The monoisotopic (exact) mass is 330 g/mol. The number of methoxy groups -OCH3 is 2. The van der Waals surface area contributed by atoms with Gasteiger partial charge in [-0.25, -0.2) is 4.79 Å². The van der Waals surface area contributed by atoms with Gasteiger partial charge in [-0.3, -0.25) is 0 Å². The van der Waals surface area contributed by atoms with Crippen molar-refractivity contribution in [2.75, 3.05) is 26.1 Å². The minimum Gasteiger partial charge on any atom is -0.497 e. The number of rotatable bonds is 7. The average Bonchev–Trinajstić information content (AvgIpc) is 2.60. The van der Waals surface area contributed by atoms with E-state index in [1.54, 1.807) is 26.4 Å². The van der Waals surface area contributed by atoms with Crippen molar-refractivity contribution < 1.29 is 19.0 Å². The molecule has 24 heavy (non-hydrogen) atoms. The van der Waals surface area contributed by atoms with E-state index < -0.39 is 0 Å². The van der Waals surface area contributed by atoms with Crippen molar-refractivity contribution in [3.63, 3.8) is 0 Å². The third kappa shape index (κ3) is 5.08. The lowest BCUT2D eigenvalue weighted by molar-refractivity contribution is 0.234. The maximum absolute atomic E-state index is 12.0. The summed E-state index contributed by atoms with van der Waals surface area (Å²) in [6.45, 7) is 2.19. The summed E-state index contributed by atoms with van der Waals surface area (Å²) >= 11 is 0. The van der Waals surface area contributed by atoms with Crippen molar-refractivity contribution in [2.45, 2.75) is 13.0 Å². The Morgan fingerprint density at radius 2 is 1.79 bits per heavy atom. The normalized spacial score (nSPS) is 11.3. The third-order valence-corrected chi connectivity index (χ3v) is 3.26. The molecule has 0 bridgehead atoms. The Hall–Kier alpha value is -2.89. The highest BCUT2D eigenvalue weighted by Crippen LogP contribution is 2.25. The van der Waals surface area contributed by atoms with Crippen LogP contribution in [-0.4, -0.2) is 32.9 Å². The fraction of sp³-hybridized carbons (Fsp3) is 0.278. The van der Waals surface area contributed by atoms with E-state index in [1.807, 2.05) is 43.3 Å². The molecular formula is C18H22N2O4. The Bertz CT molecular complexity index is 676. The lowest BCUT2D eigenvalue weighted by Crippen LogP contribution is -2.39. The van der Waals surface area contributed by atoms with Crippen LogP contribution in [0.3, 0.4) is 0 Å². The van der Waals surface area contributed by atoms with Crippen molar-refractivity contribution in [1.82, 2.24) is 5.32 Å². The number of nitrogens with one attached hydrogen (secondary N) is 2. The SMILES string of the molecule is COc1cccc(NC(=O)NC(C)COc2ccccc2OC)c1. The molecule has 0 aliphatic carbocycles. The highest BCUT2D eigenvalue weighted by atomic mass is 16.5. The van der Waals surface area contributed by atoms with E-state index >= 15 is 0 Å². The van der Waals surface area contributed by atoms with E-state index in [0.29, 0.717) is 29.5 Å². The number of urea groups is 1. The first-order chi connectivity index (χ1) is 11.6. The van der Waals surface area contributed by atoms with Gasteiger partial charge in [0.25, 0.3) is 0 Å². The number of para-hydroxylation sites is 2. The van der Waals surface area contributed by atoms with E-state index in [-0.39, 0.29) is 12.1 Å². The number of carbonyl (C=O) groups excluding carboxylic acids is 1. The Balaban J connectivity index is 1.83. The van der Waals surface area contributed by atoms with Crippen molar-refractivity contribution in [3.05, 3.63) is 48.5 Å². The van der Waals surface area contributed by atoms with Crippen molar-refractivity contribution in [1.29, 1.82) is 0 Å². The van der Waals surface area contributed by atoms with E-state index in [2.05, 4.69) is 10.6 Å². The molecule has 2 rings (SSSR count). The van der Waals surface area contributed by atoms with Gasteiger partial charge in [-0.2, -0.15) is 0 Å². The van der Waals surface area contributed by atoms with Crippen LogP contribution in [0.5, 0.6) is 17.2 Å². The quantitative estimate of drug-likeness (QED) is 0.817. The topological polar surface area (TPSA) is 68.8 Å². The average molecular weight is 330 g/mol. The van der Waals surface area contributed by atoms with Crippen LogP contribution in [0, 0.1) is 0 Å². The molecular weight excluding hydrogens is 308 g/mol. The number of ether oxygens (including phenoxy) is 3. The summed E-state index contributed by atoms with van der Waals surface area (Å²) in [6.07, 6.45) is 0. The number of hydrogen-bond donors (Lipinski definition) is 2. The molecule has 0 aliphatic heterocycles. The number of anilines is 1. The van der Waals surface area contributed by atoms with Crippen molar-refractivity contribution >= 4 is 11.7 Å². The Morgan fingerprint density at radius 3 is 2.50 bits per heavy atom. The van der Waals surface area contributed by atoms with Gasteiger partial charge >= 0.3 is 6.03 Å². The van der Waals surface area contributed by atoms with Gasteiger partial charge in [0.15, 0.2) is 11.5 Å². The van der Waals surface area contributed by atoms with Crippen LogP contribution in [0.2, 0.25) is 0 Å². The fourth-order valence-corrected chi connectivity index (χ4v) is 2.09. The second kappa shape index (κ2) is 8.67. The Morgan fingerprint density at radius 1 is 1.04 bits per heavy atom. The zero-order valence-electron chi connectivity index (χ0n) is 14.0. The smallest absolute Gasteiger partial charge is 0.319 e. The van der Waals surface area contributed by atoms with Crippen LogP contribution in [-0.2, 0) is 0 Å². The molecule has 0 spiro atoms. The lowest BCUT2D eigenvalue weighted by Gasteiger charge is -2.17. The van der Waals surface area contributed by atoms with Crippen LogP contribution in [0.25, 0.3) is 0 Å². The Kier molecular flexibility index (Phi) is 6.31. The first-order valence-electron chi connectivity index (χ1n) is 7.59. The molecule has 0 heterocycles. The molecule has 6 heteroatoms. The van der Waals surface area contributed by atoms with Gasteiger partial charge in [0, 0.05) is 11.8 Å². The molecule has 0 saturated heterocycles. The first kappa shape index (κ1) is 17.5. The minimum absolute atomic E-state index is 0.180. The molecule has 0 radical (unpaired) electrons. The molecule has 128 valence electrons. The van der Waals surface area contributed by atoms with Crippen LogP contribution >= 0.6 is 0 Å². The molecule has 1 unspecified atom stereocenters. The van der Waals surface area contributed by atoms with Gasteiger partial charge < -0.3 is 24.8 Å². The van der Waals surface area contributed by atoms with E-state index in [4.69, 9.17) is 14.2 Å². The van der Waals surface area contributed by atoms with E-state index in [9.17, 15) is 4.79 Å². The molecule has 1 atom stereocenters. The summed E-state index contributed by atoms with van der Waals surface area (Å²) in [5.41, 5.74) is 0.657. The van der Waals surface area contributed by atoms with Gasteiger partial charge in [-0.1, -0.05) is 18.2 Å². The molecule has 0 aliphatic rings. The third-order valence-electron chi connectivity index (χ3n) is 3.26. The highest BCUT2D eigenvalue weighted by molar-refractivity contribution is 5.89. The summed E-state index contributed by atoms with van der Waals surface area (Å²) in [7, 11) is 3.17. The van der Waals surface area contributed by atoms with Gasteiger partial charge in [-0.05, 0) is 31.2 Å².